The van der Waals surface area contributed by atoms with Crippen molar-refractivity contribution in [3.05, 3.63) is 48.0 Å². The van der Waals surface area contributed by atoms with Crippen molar-refractivity contribution >= 4 is 42.4 Å². The van der Waals surface area contributed by atoms with Crippen molar-refractivity contribution in [2.45, 2.75) is 30.4 Å². The van der Waals surface area contributed by atoms with E-state index in [9.17, 15) is 13.2 Å². The summed E-state index contributed by atoms with van der Waals surface area (Å²) >= 11 is 1.45. The summed E-state index contributed by atoms with van der Waals surface area (Å²) in [6.45, 7) is 4.51. The number of fused-ring (bicyclic) bond motifs is 1. The Morgan fingerprint density at radius 1 is 1.09 bits per heavy atom. The van der Waals surface area contributed by atoms with Gasteiger partial charge in [0, 0.05) is 13.1 Å². The van der Waals surface area contributed by atoms with E-state index in [1.807, 2.05) is 37.2 Å². The molecule has 7 nitrogen and oxygen atoms in total. The maximum absolute atomic E-state index is 13.2. The molecule has 3 rings (SSSR count). The molecule has 0 radical (unpaired) electrons. The first-order valence-electron chi connectivity index (χ1n) is 10.3. The van der Waals surface area contributed by atoms with E-state index in [-0.39, 0.29) is 17.2 Å². The number of nitrogens with zero attached hydrogens (tertiary/aromatic N) is 3. The number of methoxy groups -OCH3 is 1. The summed E-state index contributed by atoms with van der Waals surface area (Å²) in [5.41, 5.74) is 1.58. The lowest BCUT2D eigenvalue weighted by atomic mass is 10.1. The van der Waals surface area contributed by atoms with E-state index in [1.54, 1.807) is 50.1 Å². The molecular weight excluding hydrogens is 446 g/mol. The zero-order valence-corrected chi connectivity index (χ0v) is 20.7. The third-order valence-electron chi connectivity index (χ3n) is 5.11. The first-order valence-corrected chi connectivity index (χ1v) is 12.7. The summed E-state index contributed by atoms with van der Waals surface area (Å²) in [7, 11) is 2.20. The third-order valence-corrected chi connectivity index (χ3v) is 8.33. The van der Waals surface area contributed by atoms with Crippen LogP contribution >= 0.6 is 11.3 Å². The average Bonchev–Trinajstić information content (AvgIpc) is 3.16. The van der Waals surface area contributed by atoms with Gasteiger partial charge in [-0.25, -0.2) is 13.4 Å². The zero-order valence-electron chi connectivity index (χ0n) is 19.0. The van der Waals surface area contributed by atoms with E-state index in [2.05, 4.69) is 4.98 Å². The van der Waals surface area contributed by atoms with Crippen LogP contribution < -0.4 is 9.64 Å². The highest BCUT2D eigenvalue weighted by Crippen LogP contribution is 2.32. The highest BCUT2D eigenvalue weighted by molar-refractivity contribution is 7.92. The molecule has 0 aliphatic heterocycles. The van der Waals surface area contributed by atoms with Gasteiger partial charge < -0.3 is 9.64 Å². The van der Waals surface area contributed by atoms with E-state index in [4.69, 9.17) is 4.74 Å². The van der Waals surface area contributed by atoms with Gasteiger partial charge in [-0.3, -0.25) is 9.69 Å². The molecule has 2 aromatic carbocycles. The molecule has 0 saturated carbocycles. The number of hydrogen-bond acceptors (Lipinski definition) is 7. The van der Waals surface area contributed by atoms with Crippen LogP contribution in [0.25, 0.3) is 10.2 Å². The van der Waals surface area contributed by atoms with Crippen LogP contribution in [-0.4, -0.2) is 63.8 Å². The topological polar surface area (TPSA) is 79.8 Å². The molecular formula is C23H29N3O4S2. The van der Waals surface area contributed by atoms with Crippen molar-refractivity contribution in [2.75, 3.05) is 39.2 Å². The first kappa shape index (κ1) is 24.2. The number of carbonyl (C=O) groups excluding carboxylic acids is 1. The number of anilines is 1. The van der Waals surface area contributed by atoms with Gasteiger partial charge in [0.25, 0.3) is 0 Å². The predicted molar refractivity (Wildman–Crippen MR) is 130 cm³/mol. The molecule has 32 heavy (non-hydrogen) atoms. The fraction of sp³-hybridized carbons (Fsp3) is 0.391. The molecule has 0 N–H and O–H groups in total. The Morgan fingerprint density at radius 3 is 2.38 bits per heavy atom. The minimum atomic E-state index is -3.34. The highest BCUT2D eigenvalue weighted by Gasteiger charge is 2.22. The minimum absolute atomic E-state index is 0.0858. The number of benzene rings is 2. The number of carbonyl (C=O) groups is 1. The smallest absolute Gasteiger partial charge is 0.233 e. The maximum Gasteiger partial charge on any atom is 0.233 e. The second-order valence-corrected chi connectivity index (χ2v) is 11.6. The number of ether oxygens (including phenoxy) is 1. The van der Waals surface area contributed by atoms with E-state index in [0.29, 0.717) is 18.2 Å². The quantitative estimate of drug-likeness (QED) is 0.470. The number of sulfone groups is 1. The number of thiazole rings is 1. The highest BCUT2D eigenvalue weighted by atomic mass is 32.2. The Balaban J connectivity index is 1.85. The lowest BCUT2D eigenvalue weighted by Gasteiger charge is -2.22. The largest absolute Gasteiger partial charge is 0.497 e. The number of aromatic nitrogens is 1. The summed E-state index contributed by atoms with van der Waals surface area (Å²) < 4.78 is 30.9. The molecule has 172 valence electrons. The van der Waals surface area contributed by atoms with Crippen LogP contribution in [-0.2, 0) is 21.1 Å². The minimum Gasteiger partial charge on any atom is -0.497 e. The molecule has 0 spiro atoms. The predicted octanol–water partition coefficient (Wildman–Crippen LogP) is 3.62. The van der Waals surface area contributed by atoms with Gasteiger partial charge in [0.05, 0.1) is 33.9 Å². The van der Waals surface area contributed by atoms with Crippen molar-refractivity contribution in [3.63, 3.8) is 0 Å². The second kappa shape index (κ2) is 9.97. The summed E-state index contributed by atoms with van der Waals surface area (Å²) in [5, 5.41) is 0.147. The van der Waals surface area contributed by atoms with Crippen molar-refractivity contribution in [1.29, 1.82) is 0 Å². The van der Waals surface area contributed by atoms with Crippen LogP contribution in [0.1, 0.15) is 19.4 Å². The Kier molecular flexibility index (Phi) is 7.53. The van der Waals surface area contributed by atoms with Crippen LogP contribution in [0.4, 0.5) is 5.13 Å². The van der Waals surface area contributed by atoms with Crippen LogP contribution in [0.15, 0.2) is 47.4 Å². The Bertz CT molecular complexity index is 1190. The zero-order chi connectivity index (χ0) is 23.5. The lowest BCUT2D eigenvalue weighted by Crippen LogP contribution is -2.37. The number of rotatable bonds is 9. The molecule has 0 bridgehead atoms. The van der Waals surface area contributed by atoms with E-state index in [0.717, 1.165) is 21.5 Å². The summed E-state index contributed by atoms with van der Waals surface area (Å²) in [5.74, 6) is 0.660. The van der Waals surface area contributed by atoms with Gasteiger partial charge in [0.2, 0.25) is 5.91 Å². The van der Waals surface area contributed by atoms with Crippen molar-refractivity contribution < 1.29 is 17.9 Å². The normalized spacial score (nSPS) is 12.0. The summed E-state index contributed by atoms with van der Waals surface area (Å²) in [4.78, 5) is 21.9. The Labute approximate surface area is 193 Å². The van der Waals surface area contributed by atoms with E-state index >= 15 is 0 Å². The maximum atomic E-state index is 13.2. The molecule has 0 unspecified atom stereocenters. The number of amides is 1. The SMILES string of the molecule is COc1ccc2nc(N(CCN(C)C)C(=O)Cc3ccc(S(=O)(=O)C(C)C)cc3)sc2c1. The average molecular weight is 476 g/mol. The van der Waals surface area contributed by atoms with Crippen molar-refractivity contribution in [1.82, 2.24) is 9.88 Å². The van der Waals surface area contributed by atoms with Crippen LogP contribution in [0.3, 0.4) is 0 Å². The van der Waals surface area contributed by atoms with E-state index < -0.39 is 15.1 Å². The van der Waals surface area contributed by atoms with Gasteiger partial charge in [-0.15, -0.1) is 0 Å². The molecule has 9 heteroatoms. The molecule has 1 aromatic heterocycles. The van der Waals surface area contributed by atoms with Crippen LogP contribution in [0, 0.1) is 0 Å². The Hall–Kier alpha value is -2.49. The van der Waals surface area contributed by atoms with Crippen LogP contribution in [0.2, 0.25) is 0 Å². The first-order chi connectivity index (χ1) is 15.1. The molecule has 0 aliphatic carbocycles. The van der Waals surface area contributed by atoms with Gasteiger partial charge >= 0.3 is 0 Å². The summed E-state index contributed by atoms with van der Waals surface area (Å²) in [6.07, 6.45) is 0.161. The lowest BCUT2D eigenvalue weighted by molar-refractivity contribution is -0.118. The molecule has 1 heterocycles. The molecule has 3 aromatic rings. The van der Waals surface area contributed by atoms with Crippen molar-refractivity contribution in [3.8, 4) is 5.75 Å². The molecule has 0 saturated heterocycles. The Morgan fingerprint density at radius 2 is 1.78 bits per heavy atom. The second-order valence-electron chi connectivity index (χ2n) is 8.09. The van der Waals surface area contributed by atoms with Gasteiger partial charge in [-0.2, -0.15) is 0 Å². The van der Waals surface area contributed by atoms with E-state index in [1.165, 1.54) is 11.3 Å². The molecule has 0 fully saturated rings. The molecule has 0 atom stereocenters. The standard InChI is InChI=1S/C23H29N3O4S2/c1-16(2)32(28,29)19-9-6-17(7-10-19)14-22(27)26(13-12-25(3)4)23-24-20-11-8-18(30-5)15-21(20)31-23/h6-11,15-16H,12-14H2,1-5H3. The summed E-state index contributed by atoms with van der Waals surface area (Å²) in [6, 6.07) is 12.2. The monoisotopic (exact) mass is 475 g/mol. The van der Waals surface area contributed by atoms with Crippen molar-refractivity contribution in [2.24, 2.45) is 0 Å². The fourth-order valence-electron chi connectivity index (χ4n) is 3.10. The van der Waals surface area contributed by atoms with Gasteiger partial charge in [0.1, 0.15) is 5.75 Å². The number of likely N-dealkylation sites (N-methyl/N-ethyl adjacent to an activating group) is 1. The third kappa shape index (κ3) is 5.46. The van der Waals surface area contributed by atoms with Gasteiger partial charge in [0.15, 0.2) is 15.0 Å². The number of hydrogen-bond donors (Lipinski definition) is 0. The van der Waals surface area contributed by atoms with Gasteiger partial charge in [-0.1, -0.05) is 23.5 Å². The van der Waals surface area contributed by atoms with Crippen LogP contribution in [0.5, 0.6) is 5.75 Å². The molecule has 1 amide bonds. The molecule has 0 aliphatic rings. The van der Waals surface area contributed by atoms with Gasteiger partial charge in [-0.05, 0) is 63.8 Å². The fourth-order valence-corrected chi connectivity index (χ4v) is 5.20.